The summed E-state index contributed by atoms with van der Waals surface area (Å²) in [6.45, 7) is 0. The van der Waals surface area contributed by atoms with Gasteiger partial charge in [0.25, 0.3) is 0 Å². The van der Waals surface area contributed by atoms with Gasteiger partial charge in [-0.25, -0.2) is 4.98 Å². The van der Waals surface area contributed by atoms with E-state index in [2.05, 4.69) is 42.6 Å². The second-order valence-corrected chi connectivity index (χ2v) is 6.38. The predicted molar refractivity (Wildman–Crippen MR) is 93.6 cm³/mol. The first-order valence-corrected chi connectivity index (χ1v) is 8.13. The van der Waals surface area contributed by atoms with Gasteiger partial charge in [0.15, 0.2) is 0 Å². The van der Waals surface area contributed by atoms with Gasteiger partial charge in [-0.1, -0.05) is 28.1 Å². The molecule has 0 bridgehead atoms. The minimum atomic E-state index is 0.554. The lowest BCUT2D eigenvalue weighted by Crippen LogP contribution is -2.07. The predicted octanol–water partition coefficient (Wildman–Crippen LogP) is 4.71. The van der Waals surface area contributed by atoms with Crippen molar-refractivity contribution in [3.05, 3.63) is 53.0 Å². The second-order valence-electron chi connectivity index (χ2n) is 5.46. The Morgan fingerprint density at radius 3 is 2.50 bits per heavy atom. The van der Waals surface area contributed by atoms with Gasteiger partial charge in [-0.2, -0.15) is 4.98 Å². The van der Waals surface area contributed by atoms with Crippen LogP contribution in [-0.4, -0.2) is 16.0 Å². The van der Waals surface area contributed by atoms with Crippen molar-refractivity contribution >= 4 is 44.3 Å². The molecule has 1 aliphatic carbocycles. The first kappa shape index (κ1) is 13.5. The van der Waals surface area contributed by atoms with Gasteiger partial charge in [0.05, 0.1) is 5.52 Å². The monoisotopic (exact) mass is 354 g/mol. The van der Waals surface area contributed by atoms with Crippen LogP contribution in [0.3, 0.4) is 0 Å². The van der Waals surface area contributed by atoms with E-state index in [0.29, 0.717) is 12.0 Å². The van der Waals surface area contributed by atoms with E-state index in [1.165, 1.54) is 12.8 Å². The maximum Gasteiger partial charge on any atom is 0.229 e. The third-order valence-corrected chi connectivity index (χ3v) is 4.15. The Morgan fingerprint density at radius 1 is 0.955 bits per heavy atom. The van der Waals surface area contributed by atoms with Crippen molar-refractivity contribution in [2.24, 2.45) is 0 Å². The van der Waals surface area contributed by atoms with Gasteiger partial charge < -0.3 is 10.6 Å². The number of fused-ring (bicyclic) bond motifs is 1. The molecule has 0 radical (unpaired) electrons. The quantitative estimate of drug-likeness (QED) is 0.712. The molecular formula is C17H15BrN4. The summed E-state index contributed by atoms with van der Waals surface area (Å²) in [7, 11) is 0. The molecule has 3 aromatic rings. The normalized spacial score (nSPS) is 14.0. The van der Waals surface area contributed by atoms with Crippen LogP contribution in [-0.2, 0) is 0 Å². The largest absolute Gasteiger partial charge is 0.367 e. The molecule has 22 heavy (non-hydrogen) atoms. The zero-order valence-corrected chi connectivity index (χ0v) is 13.5. The number of benzene rings is 2. The van der Waals surface area contributed by atoms with E-state index in [1.54, 1.807) is 0 Å². The van der Waals surface area contributed by atoms with Crippen LogP contribution < -0.4 is 10.6 Å². The number of anilines is 3. The highest BCUT2D eigenvalue weighted by Crippen LogP contribution is 2.29. The highest BCUT2D eigenvalue weighted by atomic mass is 79.9. The van der Waals surface area contributed by atoms with E-state index in [4.69, 9.17) is 0 Å². The number of hydrogen-bond donors (Lipinski definition) is 2. The van der Waals surface area contributed by atoms with Crippen LogP contribution in [0.1, 0.15) is 12.8 Å². The number of rotatable bonds is 4. The average molecular weight is 355 g/mol. The molecule has 1 aliphatic rings. The summed E-state index contributed by atoms with van der Waals surface area (Å²) in [5.41, 5.74) is 1.91. The second kappa shape index (κ2) is 5.57. The molecule has 4 nitrogen and oxygen atoms in total. The highest BCUT2D eigenvalue weighted by Gasteiger charge is 2.22. The lowest BCUT2D eigenvalue weighted by atomic mass is 10.2. The average Bonchev–Trinajstić information content (AvgIpc) is 3.34. The number of nitrogens with one attached hydrogen (secondary N) is 2. The Balaban J connectivity index is 1.71. The van der Waals surface area contributed by atoms with E-state index < -0.39 is 0 Å². The topological polar surface area (TPSA) is 49.8 Å². The lowest BCUT2D eigenvalue weighted by Gasteiger charge is -2.11. The maximum atomic E-state index is 4.65. The zero-order chi connectivity index (χ0) is 14.9. The SMILES string of the molecule is Brc1ccc(Nc2nc(NC3CC3)c3ccccc3n2)cc1. The van der Waals surface area contributed by atoms with Gasteiger partial charge in [-0.3, -0.25) is 0 Å². The minimum Gasteiger partial charge on any atom is -0.367 e. The van der Waals surface area contributed by atoms with Crippen LogP contribution in [0.5, 0.6) is 0 Å². The molecule has 1 fully saturated rings. The summed E-state index contributed by atoms with van der Waals surface area (Å²) in [5.74, 6) is 1.52. The molecule has 2 aromatic carbocycles. The van der Waals surface area contributed by atoms with Crippen LogP contribution in [0.4, 0.5) is 17.5 Å². The molecule has 0 unspecified atom stereocenters. The van der Waals surface area contributed by atoms with Crippen molar-refractivity contribution in [2.75, 3.05) is 10.6 Å². The fraction of sp³-hybridized carbons (Fsp3) is 0.176. The van der Waals surface area contributed by atoms with Crippen molar-refractivity contribution < 1.29 is 0 Å². The summed E-state index contributed by atoms with van der Waals surface area (Å²) >= 11 is 3.44. The summed E-state index contributed by atoms with van der Waals surface area (Å²) in [5, 5.41) is 7.84. The van der Waals surface area contributed by atoms with Gasteiger partial charge in [-0.15, -0.1) is 0 Å². The van der Waals surface area contributed by atoms with Crippen molar-refractivity contribution in [1.82, 2.24) is 9.97 Å². The van der Waals surface area contributed by atoms with Gasteiger partial charge >= 0.3 is 0 Å². The number of para-hydroxylation sites is 1. The molecule has 0 spiro atoms. The van der Waals surface area contributed by atoms with E-state index in [1.807, 2.05) is 42.5 Å². The third kappa shape index (κ3) is 2.90. The number of halogens is 1. The summed E-state index contributed by atoms with van der Waals surface area (Å²) in [6.07, 6.45) is 2.43. The Morgan fingerprint density at radius 2 is 1.73 bits per heavy atom. The molecular weight excluding hydrogens is 340 g/mol. The molecule has 1 aromatic heterocycles. The Hall–Kier alpha value is -2.14. The summed E-state index contributed by atoms with van der Waals surface area (Å²) < 4.78 is 1.05. The summed E-state index contributed by atoms with van der Waals surface area (Å²) in [6, 6.07) is 16.6. The highest BCUT2D eigenvalue weighted by molar-refractivity contribution is 9.10. The molecule has 0 aliphatic heterocycles. The smallest absolute Gasteiger partial charge is 0.229 e. The maximum absolute atomic E-state index is 4.65. The van der Waals surface area contributed by atoms with Gasteiger partial charge in [-0.05, 0) is 49.2 Å². The number of nitrogens with zero attached hydrogens (tertiary/aromatic N) is 2. The standard InChI is InChI=1S/C17H15BrN4/c18-11-5-7-13(8-6-11)20-17-21-15-4-2-1-3-14(15)16(22-17)19-12-9-10-12/h1-8,12H,9-10H2,(H2,19,20,21,22). The molecule has 1 heterocycles. The Bertz CT molecular complexity index is 813. The Kier molecular flexibility index (Phi) is 3.42. The first-order chi connectivity index (χ1) is 10.8. The number of aromatic nitrogens is 2. The van der Waals surface area contributed by atoms with Crippen LogP contribution in [0.2, 0.25) is 0 Å². The molecule has 0 atom stereocenters. The molecule has 5 heteroatoms. The molecule has 4 rings (SSSR count). The third-order valence-electron chi connectivity index (χ3n) is 3.62. The van der Waals surface area contributed by atoms with Crippen molar-refractivity contribution in [3.63, 3.8) is 0 Å². The van der Waals surface area contributed by atoms with Crippen molar-refractivity contribution in [2.45, 2.75) is 18.9 Å². The molecule has 0 amide bonds. The molecule has 0 saturated heterocycles. The lowest BCUT2D eigenvalue weighted by molar-refractivity contribution is 1.11. The van der Waals surface area contributed by atoms with E-state index >= 15 is 0 Å². The van der Waals surface area contributed by atoms with Gasteiger partial charge in [0.1, 0.15) is 5.82 Å². The van der Waals surface area contributed by atoms with E-state index in [-0.39, 0.29) is 0 Å². The fourth-order valence-corrected chi connectivity index (χ4v) is 2.59. The van der Waals surface area contributed by atoms with Crippen LogP contribution in [0.15, 0.2) is 53.0 Å². The minimum absolute atomic E-state index is 0.554. The van der Waals surface area contributed by atoms with Crippen LogP contribution >= 0.6 is 15.9 Å². The number of hydrogen-bond acceptors (Lipinski definition) is 4. The molecule has 1 saturated carbocycles. The first-order valence-electron chi connectivity index (χ1n) is 7.34. The fourth-order valence-electron chi connectivity index (χ4n) is 2.33. The van der Waals surface area contributed by atoms with E-state index in [9.17, 15) is 0 Å². The molecule has 110 valence electrons. The Labute approximate surface area is 137 Å². The van der Waals surface area contributed by atoms with Crippen molar-refractivity contribution in [3.8, 4) is 0 Å². The van der Waals surface area contributed by atoms with Crippen LogP contribution in [0.25, 0.3) is 10.9 Å². The summed E-state index contributed by atoms with van der Waals surface area (Å²) in [4.78, 5) is 9.26. The van der Waals surface area contributed by atoms with E-state index in [0.717, 1.165) is 26.9 Å². The van der Waals surface area contributed by atoms with Gasteiger partial charge in [0, 0.05) is 21.6 Å². The van der Waals surface area contributed by atoms with Crippen LogP contribution in [0, 0.1) is 0 Å². The van der Waals surface area contributed by atoms with Gasteiger partial charge in [0.2, 0.25) is 5.95 Å². The zero-order valence-electron chi connectivity index (χ0n) is 11.9. The van der Waals surface area contributed by atoms with Crippen molar-refractivity contribution in [1.29, 1.82) is 0 Å². The molecule has 2 N–H and O–H groups in total.